The Labute approximate surface area is 125 Å². The Morgan fingerprint density at radius 1 is 1.21 bits per heavy atom. The van der Waals surface area contributed by atoms with E-state index in [9.17, 15) is 4.79 Å². The average Bonchev–Trinajstić information content (AvgIpc) is 2.75. The summed E-state index contributed by atoms with van der Waals surface area (Å²) in [5, 5.41) is 2.86. The lowest BCUT2D eigenvalue weighted by molar-refractivity contribution is 0.613. The number of nitrogens with zero attached hydrogens (tertiary/aromatic N) is 1. The largest absolute Gasteiger partial charge is 0.330 e. The van der Waals surface area contributed by atoms with Crippen LogP contribution in [0.5, 0.6) is 0 Å². The highest BCUT2D eigenvalue weighted by atomic mass is 35.5. The summed E-state index contributed by atoms with van der Waals surface area (Å²) >= 11 is 13.1. The first-order valence-electron chi connectivity index (χ1n) is 5.97. The van der Waals surface area contributed by atoms with E-state index >= 15 is 0 Å². The summed E-state index contributed by atoms with van der Waals surface area (Å²) in [6.07, 6.45) is 1.80. The first-order chi connectivity index (χ1) is 9.13. The van der Waals surface area contributed by atoms with Gasteiger partial charge in [-0.2, -0.15) is 0 Å². The quantitative estimate of drug-likeness (QED) is 0.856. The van der Waals surface area contributed by atoms with Crippen molar-refractivity contribution < 1.29 is 0 Å². The zero-order valence-electron chi connectivity index (χ0n) is 10.2. The topological polar surface area (TPSA) is 48.0 Å². The molecule has 0 atom stereocenters. The maximum atomic E-state index is 11.9. The van der Waals surface area contributed by atoms with Gasteiger partial charge >= 0.3 is 4.87 Å². The Morgan fingerprint density at radius 2 is 2.00 bits per heavy atom. The van der Waals surface area contributed by atoms with Crippen molar-refractivity contribution in [2.75, 3.05) is 6.54 Å². The van der Waals surface area contributed by atoms with Crippen LogP contribution in [0.3, 0.4) is 0 Å². The summed E-state index contributed by atoms with van der Waals surface area (Å²) in [7, 11) is 0. The van der Waals surface area contributed by atoms with Gasteiger partial charge in [0.1, 0.15) is 0 Å². The maximum Gasteiger partial charge on any atom is 0.307 e. The molecule has 3 nitrogen and oxygen atoms in total. The minimum atomic E-state index is 0.0399. The molecule has 0 fully saturated rings. The Kier molecular flexibility index (Phi) is 5.05. The monoisotopic (exact) mass is 316 g/mol. The SMILES string of the molecule is NCCCCn1c(-c2ccc(Cl)c(Cl)c2)csc1=O. The standard InChI is InChI=1S/C13H14Cl2N2OS/c14-10-4-3-9(7-11(10)15)12-8-19-13(18)17(12)6-2-1-5-16/h3-4,7-8H,1-2,5-6,16H2. The number of hydrogen-bond donors (Lipinski definition) is 1. The van der Waals surface area contributed by atoms with Crippen molar-refractivity contribution in [3.63, 3.8) is 0 Å². The Balaban J connectivity index is 2.33. The van der Waals surface area contributed by atoms with E-state index in [4.69, 9.17) is 28.9 Å². The smallest absolute Gasteiger partial charge is 0.307 e. The third-order valence-corrected chi connectivity index (χ3v) is 4.34. The van der Waals surface area contributed by atoms with E-state index in [2.05, 4.69) is 0 Å². The third kappa shape index (κ3) is 3.39. The Bertz CT molecular complexity index is 621. The zero-order chi connectivity index (χ0) is 13.8. The molecule has 19 heavy (non-hydrogen) atoms. The van der Waals surface area contributed by atoms with Gasteiger partial charge in [-0.05, 0) is 31.5 Å². The number of nitrogens with two attached hydrogens (primary N) is 1. The number of thiazole rings is 1. The fraction of sp³-hybridized carbons (Fsp3) is 0.308. The summed E-state index contributed by atoms with van der Waals surface area (Å²) in [5.74, 6) is 0. The first-order valence-corrected chi connectivity index (χ1v) is 7.61. The van der Waals surface area contributed by atoms with Crippen LogP contribution in [0.1, 0.15) is 12.8 Å². The molecule has 0 aliphatic carbocycles. The number of rotatable bonds is 5. The molecule has 0 unspecified atom stereocenters. The molecule has 6 heteroatoms. The Morgan fingerprint density at radius 3 is 2.68 bits per heavy atom. The second-order valence-electron chi connectivity index (χ2n) is 4.16. The van der Waals surface area contributed by atoms with Crippen LogP contribution in [0.4, 0.5) is 0 Å². The van der Waals surface area contributed by atoms with Crippen molar-refractivity contribution in [2.24, 2.45) is 5.73 Å². The highest BCUT2D eigenvalue weighted by Crippen LogP contribution is 2.28. The highest BCUT2D eigenvalue weighted by molar-refractivity contribution is 7.07. The summed E-state index contributed by atoms with van der Waals surface area (Å²) < 4.78 is 1.76. The Hall–Kier alpha value is -0.810. The lowest BCUT2D eigenvalue weighted by Gasteiger charge is -2.08. The second-order valence-corrected chi connectivity index (χ2v) is 5.80. The molecule has 0 aliphatic heterocycles. The molecule has 102 valence electrons. The zero-order valence-corrected chi connectivity index (χ0v) is 12.6. The van der Waals surface area contributed by atoms with Crippen molar-refractivity contribution in [3.05, 3.63) is 43.3 Å². The second kappa shape index (κ2) is 6.57. The average molecular weight is 317 g/mol. The van der Waals surface area contributed by atoms with Gasteiger partial charge in [0.15, 0.2) is 0 Å². The van der Waals surface area contributed by atoms with Crippen molar-refractivity contribution in [1.82, 2.24) is 4.57 Å². The highest BCUT2D eigenvalue weighted by Gasteiger charge is 2.10. The van der Waals surface area contributed by atoms with Gasteiger partial charge in [0, 0.05) is 17.5 Å². The number of unbranched alkanes of at least 4 members (excludes halogenated alkanes) is 1. The number of aromatic nitrogens is 1. The molecule has 1 aromatic carbocycles. The van der Waals surface area contributed by atoms with Gasteiger partial charge in [-0.25, -0.2) is 0 Å². The summed E-state index contributed by atoms with van der Waals surface area (Å²) in [6.45, 7) is 1.32. The molecule has 0 spiro atoms. The molecular formula is C13H14Cl2N2OS. The van der Waals surface area contributed by atoms with Crippen molar-refractivity contribution in [1.29, 1.82) is 0 Å². The van der Waals surface area contributed by atoms with Gasteiger partial charge in [-0.15, -0.1) is 0 Å². The molecule has 0 radical (unpaired) electrons. The summed E-state index contributed by atoms with van der Waals surface area (Å²) in [4.78, 5) is 11.9. The van der Waals surface area contributed by atoms with Gasteiger partial charge in [0.25, 0.3) is 0 Å². The van der Waals surface area contributed by atoms with Gasteiger partial charge in [-0.1, -0.05) is 40.6 Å². The van der Waals surface area contributed by atoms with Crippen LogP contribution in [-0.4, -0.2) is 11.1 Å². The lowest BCUT2D eigenvalue weighted by atomic mass is 10.1. The van der Waals surface area contributed by atoms with Gasteiger partial charge < -0.3 is 5.73 Å². The van der Waals surface area contributed by atoms with Gasteiger partial charge in [-0.3, -0.25) is 9.36 Å². The van der Waals surface area contributed by atoms with Crippen molar-refractivity contribution in [3.8, 4) is 11.3 Å². The van der Waals surface area contributed by atoms with Gasteiger partial charge in [0.05, 0.1) is 15.7 Å². The maximum absolute atomic E-state index is 11.9. The number of hydrogen-bond acceptors (Lipinski definition) is 3. The van der Waals surface area contributed by atoms with E-state index in [1.807, 2.05) is 11.4 Å². The van der Waals surface area contributed by atoms with Crippen LogP contribution in [0.15, 0.2) is 28.4 Å². The van der Waals surface area contributed by atoms with Crippen LogP contribution in [0.2, 0.25) is 10.0 Å². The molecule has 0 saturated carbocycles. The lowest BCUT2D eigenvalue weighted by Crippen LogP contribution is -2.15. The van der Waals surface area contributed by atoms with Crippen LogP contribution in [0, 0.1) is 0 Å². The molecule has 2 aromatic rings. The van der Waals surface area contributed by atoms with E-state index in [0.717, 1.165) is 24.1 Å². The molecule has 0 aliphatic rings. The van der Waals surface area contributed by atoms with Crippen LogP contribution >= 0.6 is 34.5 Å². The predicted octanol–water partition coefficient (Wildman–Crippen LogP) is 3.62. The minimum Gasteiger partial charge on any atom is -0.330 e. The number of benzene rings is 1. The van der Waals surface area contributed by atoms with Crippen LogP contribution < -0.4 is 10.6 Å². The van der Waals surface area contributed by atoms with Crippen molar-refractivity contribution >= 4 is 34.5 Å². The van der Waals surface area contributed by atoms with Gasteiger partial charge in [0.2, 0.25) is 0 Å². The van der Waals surface area contributed by atoms with Crippen LogP contribution in [-0.2, 0) is 6.54 Å². The van der Waals surface area contributed by atoms with E-state index in [0.29, 0.717) is 23.1 Å². The third-order valence-electron chi connectivity index (χ3n) is 2.83. The predicted molar refractivity (Wildman–Crippen MR) is 82.3 cm³/mol. The summed E-state index contributed by atoms with van der Waals surface area (Å²) in [6, 6.07) is 5.39. The first kappa shape index (κ1) is 14.6. The van der Waals surface area contributed by atoms with E-state index in [-0.39, 0.29) is 4.87 Å². The molecular weight excluding hydrogens is 303 g/mol. The fourth-order valence-electron chi connectivity index (χ4n) is 1.84. The fourth-order valence-corrected chi connectivity index (χ4v) is 2.93. The number of halogens is 2. The molecule has 2 rings (SSSR count). The molecule has 0 amide bonds. The molecule has 0 bridgehead atoms. The molecule has 0 saturated heterocycles. The van der Waals surface area contributed by atoms with E-state index in [1.165, 1.54) is 11.3 Å². The van der Waals surface area contributed by atoms with E-state index < -0.39 is 0 Å². The minimum absolute atomic E-state index is 0.0399. The molecule has 1 heterocycles. The molecule has 2 N–H and O–H groups in total. The van der Waals surface area contributed by atoms with Crippen molar-refractivity contribution in [2.45, 2.75) is 19.4 Å². The van der Waals surface area contributed by atoms with Crippen LogP contribution in [0.25, 0.3) is 11.3 Å². The van der Waals surface area contributed by atoms with E-state index in [1.54, 1.807) is 16.7 Å². The summed E-state index contributed by atoms with van der Waals surface area (Å²) in [5.41, 5.74) is 7.26. The molecule has 1 aromatic heterocycles. The normalized spacial score (nSPS) is 10.9.